The van der Waals surface area contributed by atoms with E-state index in [-0.39, 0.29) is 11.6 Å². The van der Waals surface area contributed by atoms with Crippen LogP contribution in [-0.4, -0.2) is 14.8 Å². The molecule has 0 bridgehead atoms. The molecule has 17 heavy (non-hydrogen) atoms. The number of aromatic nitrogens is 3. The minimum Gasteiger partial charge on any atom is -0.322 e. The Morgan fingerprint density at radius 2 is 2.29 bits per heavy atom. The lowest BCUT2D eigenvalue weighted by Gasteiger charge is -2.01. The van der Waals surface area contributed by atoms with Gasteiger partial charge in [0.2, 0.25) is 0 Å². The zero-order valence-electron chi connectivity index (χ0n) is 9.75. The van der Waals surface area contributed by atoms with E-state index in [1.807, 2.05) is 13.0 Å². The fourth-order valence-corrected chi connectivity index (χ4v) is 2.28. The van der Waals surface area contributed by atoms with Gasteiger partial charge in [-0.3, -0.25) is 4.79 Å². The normalized spacial score (nSPS) is 12.6. The summed E-state index contributed by atoms with van der Waals surface area (Å²) in [5.41, 5.74) is 6.62. The number of aryl methyl sites for hydroxylation is 1. The first-order valence-corrected chi connectivity index (χ1v) is 6.19. The Balaban J connectivity index is 2.37. The molecule has 0 saturated carbocycles. The number of nitrogens with zero attached hydrogens (tertiary/aromatic N) is 3. The van der Waals surface area contributed by atoms with E-state index in [2.05, 4.69) is 10.2 Å². The van der Waals surface area contributed by atoms with Gasteiger partial charge in [-0.1, -0.05) is 18.3 Å². The monoisotopic (exact) mass is 250 g/mol. The van der Waals surface area contributed by atoms with Crippen molar-refractivity contribution in [1.29, 1.82) is 0 Å². The molecular formula is C11H14N4OS. The van der Waals surface area contributed by atoms with E-state index in [0.29, 0.717) is 0 Å². The third-order valence-electron chi connectivity index (χ3n) is 2.55. The van der Waals surface area contributed by atoms with Gasteiger partial charge < -0.3 is 10.3 Å². The molecule has 5 nitrogen and oxygen atoms in total. The fourth-order valence-electron chi connectivity index (χ4n) is 1.36. The molecule has 0 saturated heterocycles. The molecule has 0 amide bonds. The largest absolute Gasteiger partial charge is 0.322 e. The van der Waals surface area contributed by atoms with Gasteiger partial charge in [-0.25, -0.2) is 0 Å². The first-order valence-electron chi connectivity index (χ1n) is 5.38. The van der Waals surface area contributed by atoms with Gasteiger partial charge >= 0.3 is 0 Å². The van der Waals surface area contributed by atoms with Gasteiger partial charge in [-0.15, -0.1) is 10.2 Å². The topological polar surface area (TPSA) is 73.8 Å². The maximum atomic E-state index is 11.5. The van der Waals surface area contributed by atoms with E-state index >= 15 is 0 Å². The smallest absolute Gasteiger partial charge is 0.250 e. The Kier molecular flexibility index (Phi) is 3.35. The second-order valence-electron chi connectivity index (χ2n) is 3.82. The lowest BCUT2D eigenvalue weighted by molar-refractivity contribution is 0.683. The maximum Gasteiger partial charge on any atom is 0.250 e. The molecule has 0 spiro atoms. The van der Waals surface area contributed by atoms with Gasteiger partial charge in [-0.2, -0.15) is 0 Å². The number of hydrogen-bond acceptors (Lipinski definition) is 5. The Hall–Kier alpha value is -1.53. The van der Waals surface area contributed by atoms with Crippen LogP contribution < -0.4 is 11.3 Å². The summed E-state index contributed by atoms with van der Waals surface area (Å²) >= 11 is 1.44. The van der Waals surface area contributed by atoms with Gasteiger partial charge in [0.25, 0.3) is 5.56 Å². The molecule has 2 rings (SSSR count). The molecule has 2 N–H and O–H groups in total. The zero-order valence-corrected chi connectivity index (χ0v) is 10.6. The number of hydrogen-bond donors (Lipinski definition) is 1. The van der Waals surface area contributed by atoms with Crippen LogP contribution in [0.5, 0.6) is 0 Å². The summed E-state index contributed by atoms with van der Waals surface area (Å²) in [6, 6.07) is 3.33. The summed E-state index contributed by atoms with van der Waals surface area (Å²) in [4.78, 5) is 11.5. The van der Waals surface area contributed by atoms with Crippen LogP contribution >= 0.6 is 11.3 Å². The average molecular weight is 250 g/mol. The van der Waals surface area contributed by atoms with Crippen molar-refractivity contribution in [1.82, 2.24) is 14.8 Å². The van der Waals surface area contributed by atoms with Crippen molar-refractivity contribution >= 4 is 11.3 Å². The Bertz CT molecular complexity index is 575. The number of nitrogens with two attached hydrogens (primary N) is 1. The fraction of sp³-hybridized carbons (Fsp3) is 0.364. The van der Waals surface area contributed by atoms with Crippen molar-refractivity contribution in [2.24, 2.45) is 12.8 Å². The lowest BCUT2D eigenvalue weighted by atomic mass is 10.3. The van der Waals surface area contributed by atoms with Crippen molar-refractivity contribution in [2.75, 3.05) is 0 Å². The molecule has 1 atom stereocenters. The Morgan fingerprint density at radius 1 is 1.53 bits per heavy atom. The van der Waals surface area contributed by atoms with Gasteiger partial charge in [-0.05, 0) is 12.5 Å². The molecular weight excluding hydrogens is 236 g/mol. The van der Waals surface area contributed by atoms with Crippen molar-refractivity contribution in [3.63, 3.8) is 0 Å². The molecule has 0 aliphatic rings. The summed E-state index contributed by atoms with van der Waals surface area (Å²) in [5.74, 6) is 0. The van der Waals surface area contributed by atoms with Crippen LogP contribution in [-0.2, 0) is 7.05 Å². The third kappa shape index (κ3) is 2.42. The summed E-state index contributed by atoms with van der Waals surface area (Å²) in [6.45, 7) is 2.00. The number of pyridine rings is 1. The van der Waals surface area contributed by atoms with Crippen molar-refractivity contribution < 1.29 is 0 Å². The molecule has 1 unspecified atom stereocenters. The van der Waals surface area contributed by atoms with Crippen LogP contribution in [0, 0.1) is 0 Å². The SMILES string of the molecule is CCC(N)c1nnc(-c2ccn(C)c(=O)c2)s1. The van der Waals surface area contributed by atoms with E-state index < -0.39 is 0 Å². The predicted molar refractivity (Wildman–Crippen MR) is 67.8 cm³/mol. The van der Waals surface area contributed by atoms with Crippen molar-refractivity contribution in [2.45, 2.75) is 19.4 Å². The van der Waals surface area contributed by atoms with Crippen molar-refractivity contribution in [3.8, 4) is 10.6 Å². The van der Waals surface area contributed by atoms with E-state index in [0.717, 1.165) is 22.0 Å². The molecule has 2 heterocycles. The van der Waals surface area contributed by atoms with E-state index in [1.165, 1.54) is 15.9 Å². The molecule has 0 aliphatic heterocycles. The number of rotatable bonds is 3. The highest BCUT2D eigenvalue weighted by molar-refractivity contribution is 7.14. The highest BCUT2D eigenvalue weighted by Gasteiger charge is 2.12. The quantitative estimate of drug-likeness (QED) is 0.891. The van der Waals surface area contributed by atoms with Crippen LogP contribution in [0.25, 0.3) is 10.6 Å². The minimum atomic E-state index is -0.0761. The standard InChI is InChI=1S/C11H14N4OS/c1-3-8(12)11-14-13-10(17-11)7-4-5-15(2)9(16)6-7/h4-6,8H,3,12H2,1-2H3. The second kappa shape index (κ2) is 4.77. The Morgan fingerprint density at radius 3 is 2.94 bits per heavy atom. The molecule has 90 valence electrons. The van der Waals surface area contributed by atoms with Gasteiger partial charge in [0.1, 0.15) is 10.0 Å². The van der Waals surface area contributed by atoms with Crippen molar-refractivity contribution in [3.05, 3.63) is 33.7 Å². The van der Waals surface area contributed by atoms with Crippen LogP contribution in [0.4, 0.5) is 0 Å². The average Bonchev–Trinajstić information content (AvgIpc) is 2.81. The first-order chi connectivity index (χ1) is 8.11. The molecule has 0 fully saturated rings. The summed E-state index contributed by atoms with van der Waals surface area (Å²) in [6.07, 6.45) is 2.55. The van der Waals surface area contributed by atoms with E-state index in [4.69, 9.17) is 5.73 Å². The summed E-state index contributed by atoms with van der Waals surface area (Å²) < 4.78 is 1.52. The molecule has 0 radical (unpaired) electrons. The maximum absolute atomic E-state index is 11.5. The zero-order chi connectivity index (χ0) is 12.4. The molecule has 0 aliphatic carbocycles. The van der Waals surface area contributed by atoms with Crippen LogP contribution in [0.2, 0.25) is 0 Å². The highest BCUT2D eigenvalue weighted by Crippen LogP contribution is 2.25. The minimum absolute atomic E-state index is 0.0564. The third-order valence-corrected chi connectivity index (χ3v) is 3.65. The van der Waals surface area contributed by atoms with E-state index in [9.17, 15) is 4.79 Å². The predicted octanol–water partition coefficient (Wildman–Crippen LogP) is 1.31. The molecule has 2 aromatic heterocycles. The lowest BCUT2D eigenvalue weighted by Crippen LogP contribution is -2.13. The second-order valence-corrected chi connectivity index (χ2v) is 4.83. The van der Waals surface area contributed by atoms with Crippen LogP contribution in [0.1, 0.15) is 24.4 Å². The molecule has 2 aromatic rings. The summed E-state index contributed by atoms with van der Waals surface area (Å²) in [7, 11) is 1.71. The van der Waals surface area contributed by atoms with Crippen LogP contribution in [0.3, 0.4) is 0 Å². The van der Waals surface area contributed by atoms with Crippen LogP contribution in [0.15, 0.2) is 23.1 Å². The Labute approximate surface area is 103 Å². The summed E-state index contributed by atoms with van der Waals surface area (Å²) in [5, 5.41) is 9.66. The van der Waals surface area contributed by atoms with Gasteiger partial charge in [0.15, 0.2) is 0 Å². The van der Waals surface area contributed by atoms with Gasteiger partial charge in [0.05, 0.1) is 6.04 Å². The first kappa shape index (κ1) is 11.9. The molecule has 0 aromatic carbocycles. The molecule has 6 heteroatoms. The van der Waals surface area contributed by atoms with Gasteiger partial charge in [0, 0.05) is 24.9 Å². The van der Waals surface area contributed by atoms with E-state index in [1.54, 1.807) is 19.3 Å². The highest BCUT2D eigenvalue weighted by atomic mass is 32.1.